The molecule has 0 aliphatic heterocycles. The summed E-state index contributed by atoms with van der Waals surface area (Å²) in [6, 6.07) is 19.9. The molecule has 0 spiro atoms. The van der Waals surface area contributed by atoms with Crippen molar-refractivity contribution in [3.8, 4) is 5.75 Å². The molecule has 0 heterocycles. The molecular formula is C23H23BrN2O2. The maximum atomic E-state index is 12.1. The van der Waals surface area contributed by atoms with Gasteiger partial charge < -0.3 is 4.74 Å². The summed E-state index contributed by atoms with van der Waals surface area (Å²) in [5.74, 6) is 0.849. The van der Waals surface area contributed by atoms with E-state index in [4.69, 9.17) is 4.74 Å². The van der Waals surface area contributed by atoms with E-state index < -0.39 is 0 Å². The number of halogens is 1. The Labute approximate surface area is 173 Å². The van der Waals surface area contributed by atoms with Crippen LogP contribution in [0.2, 0.25) is 0 Å². The van der Waals surface area contributed by atoms with Crippen LogP contribution in [0.3, 0.4) is 0 Å². The summed E-state index contributed by atoms with van der Waals surface area (Å²) in [6.07, 6.45) is 0. The number of nitrogens with zero attached hydrogens (tertiary/aromatic N) is 1. The number of nitrogens with one attached hydrogen (secondary N) is 1. The second kappa shape index (κ2) is 9.02. The van der Waals surface area contributed by atoms with Crippen LogP contribution in [0.15, 0.2) is 70.2 Å². The van der Waals surface area contributed by atoms with Crippen molar-refractivity contribution < 1.29 is 9.53 Å². The molecule has 0 atom stereocenters. The van der Waals surface area contributed by atoms with E-state index in [9.17, 15) is 4.79 Å². The number of fused-ring (bicyclic) bond motifs is 1. The number of carbonyl (C=O) groups is 1. The van der Waals surface area contributed by atoms with E-state index in [2.05, 4.69) is 52.4 Å². The predicted molar refractivity (Wildman–Crippen MR) is 118 cm³/mol. The van der Waals surface area contributed by atoms with E-state index in [1.165, 1.54) is 5.56 Å². The van der Waals surface area contributed by atoms with Gasteiger partial charge in [-0.2, -0.15) is 5.10 Å². The van der Waals surface area contributed by atoms with Crippen molar-refractivity contribution >= 4 is 38.3 Å². The van der Waals surface area contributed by atoms with Crippen LogP contribution in [-0.4, -0.2) is 18.2 Å². The Kier molecular flexibility index (Phi) is 6.47. The first-order valence-corrected chi connectivity index (χ1v) is 9.98. The van der Waals surface area contributed by atoms with Crippen LogP contribution >= 0.6 is 15.9 Å². The number of carbonyl (C=O) groups excluding carboxylic acids is 1. The predicted octanol–water partition coefficient (Wildman–Crippen LogP) is 5.64. The van der Waals surface area contributed by atoms with Crippen molar-refractivity contribution in [2.24, 2.45) is 5.10 Å². The first-order chi connectivity index (χ1) is 13.5. The maximum Gasteiger partial charge on any atom is 0.277 e. The number of hydrazone groups is 1. The van der Waals surface area contributed by atoms with Gasteiger partial charge in [0.15, 0.2) is 6.61 Å². The van der Waals surface area contributed by atoms with Crippen LogP contribution in [0.5, 0.6) is 5.75 Å². The highest BCUT2D eigenvalue weighted by molar-refractivity contribution is 9.10. The van der Waals surface area contributed by atoms with Crippen LogP contribution in [0, 0.1) is 0 Å². The van der Waals surface area contributed by atoms with E-state index in [0.717, 1.165) is 26.5 Å². The van der Waals surface area contributed by atoms with Crippen molar-refractivity contribution in [3.63, 3.8) is 0 Å². The van der Waals surface area contributed by atoms with Gasteiger partial charge in [0.2, 0.25) is 0 Å². The van der Waals surface area contributed by atoms with Crippen LogP contribution < -0.4 is 10.2 Å². The average molecular weight is 439 g/mol. The van der Waals surface area contributed by atoms with Crippen LogP contribution in [0.1, 0.15) is 37.8 Å². The lowest BCUT2D eigenvalue weighted by atomic mass is 10.0. The molecule has 0 aliphatic carbocycles. The first kappa shape index (κ1) is 20.1. The molecule has 3 rings (SSSR count). The van der Waals surface area contributed by atoms with E-state index in [1.807, 2.05) is 55.5 Å². The van der Waals surface area contributed by atoms with E-state index in [1.54, 1.807) is 0 Å². The molecule has 0 saturated heterocycles. The molecular weight excluding hydrogens is 416 g/mol. The Bertz CT molecular complexity index is 1010. The molecule has 144 valence electrons. The van der Waals surface area contributed by atoms with Gasteiger partial charge in [0.25, 0.3) is 5.91 Å². The third-order valence-electron chi connectivity index (χ3n) is 4.53. The number of benzene rings is 3. The molecule has 1 N–H and O–H groups in total. The maximum absolute atomic E-state index is 12.1. The standard InChI is InChI=1S/C23H23BrN2O2/c1-15(2)17-8-10-18(11-9-17)16(3)25-26-23(27)14-28-22-13-12-21(24)19-6-4-5-7-20(19)22/h4-13,15H,14H2,1-3H3,(H,26,27)/b25-16+. The quantitative estimate of drug-likeness (QED) is 0.399. The van der Waals surface area contributed by atoms with Gasteiger partial charge in [-0.05, 0) is 41.5 Å². The van der Waals surface area contributed by atoms with Crippen LogP contribution in [0.25, 0.3) is 10.8 Å². The zero-order valence-electron chi connectivity index (χ0n) is 16.2. The largest absolute Gasteiger partial charge is 0.483 e. The molecule has 4 nitrogen and oxygen atoms in total. The normalized spacial score (nSPS) is 11.7. The molecule has 0 aliphatic rings. The number of hydrogen-bond donors (Lipinski definition) is 1. The van der Waals surface area contributed by atoms with Crippen LogP contribution in [-0.2, 0) is 4.79 Å². The Hall–Kier alpha value is -2.66. The van der Waals surface area contributed by atoms with Crippen molar-refractivity contribution in [2.45, 2.75) is 26.7 Å². The minimum absolute atomic E-state index is 0.102. The summed E-state index contributed by atoms with van der Waals surface area (Å²) in [6.45, 7) is 6.08. The minimum Gasteiger partial charge on any atom is -0.483 e. The molecule has 0 fully saturated rings. The highest BCUT2D eigenvalue weighted by Crippen LogP contribution is 2.31. The fourth-order valence-electron chi connectivity index (χ4n) is 2.86. The van der Waals surface area contributed by atoms with Gasteiger partial charge in [0, 0.05) is 9.86 Å². The lowest BCUT2D eigenvalue weighted by molar-refractivity contribution is -0.123. The number of amides is 1. The molecule has 28 heavy (non-hydrogen) atoms. The SMILES string of the molecule is C/C(=N\NC(=O)COc1ccc(Br)c2ccccc12)c1ccc(C(C)C)cc1. The monoisotopic (exact) mass is 438 g/mol. The van der Waals surface area contributed by atoms with Crippen LogP contribution in [0.4, 0.5) is 0 Å². The molecule has 0 bridgehead atoms. The highest BCUT2D eigenvalue weighted by atomic mass is 79.9. The third kappa shape index (κ3) is 4.78. The molecule has 0 saturated carbocycles. The lowest BCUT2D eigenvalue weighted by Gasteiger charge is -2.10. The van der Waals surface area contributed by atoms with Gasteiger partial charge in [-0.1, -0.05) is 78.3 Å². The molecule has 3 aromatic carbocycles. The Morgan fingerprint density at radius 2 is 1.71 bits per heavy atom. The number of hydrogen-bond acceptors (Lipinski definition) is 3. The summed E-state index contributed by atoms with van der Waals surface area (Å²) in [5.41, 5.74) is 5.56. The molecule has 0 radical (unpaired) electrons. The fraction of sp³-hybridized carbons (Fsp3) is 0.217. The zero-order valence-corrected chi connectivity index (χ0v) is 17.8. The minimum atomic E-state index is -0.301. The van der Waals surface area contributed by atoms with Gasteiger partial charge in [-0.25, -0.2) is 5.43 Å². The molecule has 1 amide bonds. The Morgan fingerprint density at radius 3 is 2.39 bits per heavy atom. The molecule has 5 heteroatoms. The van der Waals surface area contributed by atoms with Crippen molar-refractivity contribution in [3.05, 3.63) is 76.3 Å². The second-order valence-electron chi connectivity index (χ2n) is 6.89. The summed E-state index contributed by atoms with van der Waals surface area (Å²) in [5, 5.41) is 6.18. The first-order valence-electron chi connectivity index (χ1n) is 9.19. The van der Waals surface area contributed by atoms with E-state index in [0.29, 0.717) is 11.7 Å². The third-order valence-corrected chi connectivity index (χ3v) is 5.22. The average Bonchev–Trinajstić information content (AvgIpc) is 2.71. The summed E-state index contributed by atoms with van der Waals surface area (Å²) in [7, 11) is 0. The zero-order chi connectivity index (χ0) is 20.1. The van der Waals surface area contributed by atoms with Gasteiger partial charge in [-0.15, -0.1) is 0 Å². The fourth-order valence-corrected chi connectivity index (χ4v) is 3.33. The van der Waals surface area contributed by atoms with Crippen molar-refractivity contribution in [1.29, 1.82) is 0 Å². The van der Waals surface area contributed by atoms with Gasteiger partial charge in [-0.3, -0.25) is 4.79 Å². The molecule has 0 aromatic heterocycles. The van der Waals surface area contributed by atoms with Gasteiger partial charge in [0.05, 0.1) is 5.71 Å². The Balaban J connectivity index is 1.62. The lowest BCUT2D eigenvalue weighted by Crippen LogP contribution is -2.25. The van der Waals surface area contributed by atoms with E-state index >= 15 is 0 Å². The number of ether oxygens (including phenoxy) is 1. The van der Waals surface area contributed by atoms with Gasteiger partial charge >= 0.3 is 0 Å². The highest BCUT2D eigenvalue weighted by Gasteiger charge is 2.08. The summed E-state index contributed by atoms with van der Waals surface area (Å²) in [4.78, 5) is 12.1. The molecule has 3 aromatic rings. The molecule has 0 unspecified atom stereocenters. The topological polar surface area (TPSA) is 50.7 Å². The van der Waals surface area contributed by atoms with Crippen molar-refractivity contribution in [2.75, 3.05) is 6.61 Å². The summed E-state index contributed by atoms with van der Waals surface area (Å²) >= 11 is 3.53. The van der Waals surface area contributed by atoms with E-state index in [-0.39, 0.29) is 12.5 Å². The second-order valence-corrected chi connectivity index (χ2v) is 7.74. The Morgan fingerprint density at radius 1 is 1.04 bits per heavy atom. The number of rotatable bonds is 6. The smallest absolute Gasteiger partial charge is 0.277 e. The van der Waals surface area contributed by atoms with Gasteiger partial charge in [0.1, 0.15) is 5.75 Å². The van der Waals surface area contributed by atoms with Crippen molar-refractivity contribution in [1.82, 2.24) is 5.43 Å². The summed E-state index contributed by atoms with van der Waals surface area (Å²) < 4.78 is 6.70.